The molecule has 0 bridgehead atoms. The lowest BCUT2D eigenvalue weighted by molar-refractivity contribution is 0.620. The molecule has 0 spiro atoms. The predicted octanol–water partition coefficient (Wildman–Crippen LogP) is 1.59. The minimum atomic E-state index is -0.178. The van der Waals surface area contributed by atoms with Crippen LogP contribution in [0.1, 0.15) is 17.0 Å². The first-order valence-electron chi connectivity index (χ1n) is 5.95. The molecule has 0 unspecified atom stereocenters. The summed E-state index contributed by atoms with van der Waals surface area (Å²) in [6, 6.07) is 4.91. The van der Waals surface area contributed by atoms with Crippen LogP contribution >= 0.6 is 0 Å². The Balaban J connectivity index is 1.80. The molecule has 1 aromatic carbocycles. The van der Waals surface area contributed by atoms with E-state index in [9.17, 15) is 4.39 Å². The molecule has 96 valence electrons. The first-order valence-corrected chi connectivity index (χ1v) is 5.95. The highest BCUT2D eigenvalue weighted by Gasteiger charge is 2.02. The zero-order chi connectivity index (χ0) is 13.0. The van der Waals surface area contributed by atoms with Gasteiger partial charge in [-0.1, -0.05) is 6.07 Å². The van der Waals surface area contributed by atoms with Crippen molar-refractivity contribution in [3.63, 3.8) is 0 Å². The van der Waals surface area contributed by atoms with Gasteiger partial charge < -0.3 is 9.88 Å². The van der Waals surface area contributed by atoms with Crippen LogP contribution in [0.4, 0.5) is 4.39 Å². The molecule has 0 aliphatic rings. The summed E-state index contributed by atoms with van der Waals surface area (Å²) in [5.74, 6) is 0.731. The van der Waals surface area contributed by atoms with Gasteiger partial charge in [0.05, 0.1) is 6.54 Å². The van der Waals surface area contributed by atoms with Gasteiger partial charge in [0.25, 0.3) is 0 Å². The van der Waals surface area contributed by atoms with Gasteiger partial charge in [0.1, 0.15) is 18.0 Å². The molecular weight excluding hydrogens is 231 g/mol. The van der Waals surface area contributed by atoms with Crippen LogP contribution in [0, 0.1) is 12.7 Å². The second kappa shape index (κ2) is 5.73. The van der Waals surface area contributed by atoms with Crippen molar-refractivity contribution in [1.29, 1.82) is 0 Å². The van der Waals surface area contributed by atoms with E-state index in [1.54, 1.807) is 12.4 Å². The SMILES string of the molecule is Cc1cc(F)ccc1CCNCc1nncn1C. The molecule has 0 radical (unpaired) electrons. The molecule has 5 heteroatoms. The second-order valence-electron chi connectivity index (χ2n) is 4.36. The Labute approximate surface area is 106 Å². The molecule has 1 heterocycles. The zero-order valence-corrected chi connectivity index (χ0v) is 10.7. The van der Waals surface area contributed by atoms with Crippen molar-refractivity contribution in [2.45, 2.75) is 19.9 Å². The highest BCUT2D eigenvalue weighted by atomic mass is 19.1. The zero-order valence-electron chi connectivity index (χ0n) is 10.7. The molecule has 0 aliphatic heterocycles. The standard InChI is InChI=1S/C13H17FN4/c1-10-7-12(14)4-3-11(10)5-6-15-8-13-17-16-9-18(13)2/h3-4,7,9,15H,5-6,8H2,1-2H3. The third kappa shape index (κ3) is 3.13. The smallest absolute Gasteiger partial charge is 0.146 e. The van der Waals surface area contributed by atoms with Gasteiger partial charge >= 0.3 is 0 Å². The number of benzene rings is 1. The van der Waals surface area contributed by atoms with Crippen LogP contribution in [0.3, 0.4) is 0 Å². The molecule has 0 aliphatic carbocycles. The van der Waals surface area contributed by atoms with Gasteiger partial charge in [-0.05, 0) is 43.1 Å². The van der Waals surface area contributed by atoms with Gasteiger partial charge in [0.2, 0.25) is 0 Å². The molecule has 1 aromatic heterocycles. The average Bonchev–Trinajstić information content (AvgIpc) is 2.73. The summed E-state index contributed by atoms with van der Waals surface area (Å²) in [6.07, 6.45) is 2.56. The van der Waals surface area contributed by atoms with Gasteiger partial charge in [-0.25, -0.2) is 4.39 Å². The molecule has 0 saturated carbocycles. The van der Waals surface area contributed by atoms with Crippen LogP contribution in [-0.2, 0) is 20.0 Å². The fourth-order valence-electron chi connectivity index (χ4n) is 1.83. The quantitative estimate of drug-likeness (QED) is 0.817. The molecule has 2 rings (SSSR count). The first kappa shape index (κ1) is 12.7. The molecule has 4 nitrogen and oxygen atoms in total. The Morgan fingerprint density at radius 1 is 1.39 bits per heavy atom. The Morgan fingerprint density at radius 2 is 2.22 bits per heavy atom. The summed E-state index contributed by atoms with van der Waals surface area (Å²) >= 11 is 0. The van der Waals surface area contributed by atoms with E-state index < -0.39 is 0 Å². The van der Waals surface area contributed by atoms with Crippen LogP contribution < -0.4 is 5.32 Å². The molecule has 0 atom stereocenters. The Morgan fingerprint density at radius 3 is 2.89 bits per heavy atom. The number of hydrogen-bond acceptors (Lipinski definition) is 3. The van der Waals surface area contributed by atoms with Crippen molar-refractivity contribution in [1.82, 2.24) is 20.1 Å². The monoisotopic (exact) mass is 248 g/mol. The molecule has 18 heavy (non-hydrogen) atoms. The Hall–Kier alpha value is -1.75. The van der Waals surface area contributed by atoms with E-state index in [-0.39, 0.29) is 5.82 Å². The molecule has 0 saturated heterocycles. The summed E-state index contributed by atoms with van der Waals surface area (Å²) in [5.41, 5.74) is 2.16. The lowest BCUT2D eigenvalue weighted by Crippen LogP contribution is -2.19. The summed E-state index contributed by atoms with van der Waals surface area (Å²) < 4.78 is 14.8. The van der Waals surface area contributed by atoms with Crippen molar-refractivity contribution >= 4 is 0 Å². The highest BCUT2D eigenvalue weighted by molar-refractivity contribution is 5.26. The average molecular weight is 248 g/mol. The fraction of sp³-hybridized carbons (Fsp3) is 0.385. The van der Waals surface area contributed by atoms with Crippen molar-refractivity contribution < 1.29 is 4.39 Å². The van der Waals surface area contributed by atoms with E-state index in [0.29, 0.717) is 6.54 Å². The lowest BCUT2D eigenvalue weighted by Gasteiger charge is -2.07. The Bertz CT molecular complexity index is 521. The van der Waals surface area contributed by atoms with E-state index in [1.807, 2.05) is 24.6 Å². The van der Waals surface area contributed by atoms with Gasteiger partial charge in [0.15, 0.2) is 0 Å². The maximum Gasteiger partial charge on any atom is 0.146 e. The minimum Gasteiger partial charge on any atom is -0.320 e. The predicted molar refractivity (Wildman–Crippen MR) is 67.6 cm³/mol. The van der Waals surface area contributed by atoms with Gasteiger partial charge in [-0.2, -0.15) is 0 Å². The number of aromatic nitrogens is 3. The van der Waals surface area contributed by atoms with Crippen LogP contribution in [0.2, 0.25) is 0 Å². The van der Waals surface area contributed by atoms with Crippen molar-refractivity contribution in [2.24, 2.45) is 7.05 Å². The maximum absolute atomic E-state index is 12.9. The summed E-state index contributed by atoms with van der Waals surface area (Å²) in [4.78, 5) is 0. The van der Waals surface area contributed by atoms with E-state index in [4.69, 9.17) is 0 Å². The number of nitrogens with one attached hydrogen (secondary N) is 1. The van der Waals surface area contributed by atoms with E-state index >= 15 is 0 Å². The number of nitrogens with zero attached hydrogens (tertiary/aromatic N) is 3. The Kier molecular flexibility index (Phi) is 4.04. The molecule has 0 amide bonds. The maximum atomic E-state index is 12.9. The second-order valence-corrected chi connectivity index (χ2v) is 4.36. The van der Waals surface area contributed by atoms with E-state index in [1.165, 1.54) is 11.6 Å². The van der Waals surface area contributed by atoms with Crippen molar-refractivity contribution in [3.05, 3.63) is 47.3 Å². The minimum absolute atomic E-state index is 0.178. The lowest BCUT2D eigenvalue weighted by atomic mass is 10.1. The van der Waals surface area contributed by atoms with Crippen LogP contribution in [0.15, 0.2) is 24.5 Å². The van der Waals surface area contributed by atoms with Crippen LogP contribution in [-0.4, -0.2) is 21.3 Å². The normalized spacial score (nSPS) is 10.8. The number of hydrogen-bond donors (Lipinski definition) is 1. The van der Waals surface area contributed by atoms with Crippen molar-refractivity contribution in [3.8, 4) is 0 Å². The fourth-order valence-corrected chi connectivity index (χ4v) is 1.83. The van der Waals surface area contributed by atoms with E-state index in [0.717, 1.165) is 24.4 Å². The van der Waals surface area contributed by atoms with E-state index in [2.05, 4.69) is 15.5 Å². The molecule has 2 aromatic rings. The number of rotatable bonds is 5. The highest BCUT2D eigenvalue weighted by Crippen LogP contribution is 2.10. The van der Waals surface area contributed by atoms with Gasteiger partial charge in [-0.15, -0.1) is 10.2 Å². The summed E-state index contributed by atoms with van der Waals surface area (Å²) in [5, 5.41) is 11.1. The third-order valence-corrected chi connectivity index (χ3v) is 2.96. The summed E-state index contributed by atoms with van der Waals surface area (Å²) in [7, 11) is 1.92. The van der Waals surface area contributed by atoms with Crippen molar-refractivity contribution in [2.75, 3.05) is 6.54 Å². The van der Waals surface area contributed by atoms with Gasteiger partial charge in [0, 0.05) is 7.05 Å². The topological polar surface area (TPSA) is 42.7 Å². The summed E-state index contributed by atoms with van der Waals surface area (Å²) in [6.45, 7) is 3.46. The first-order chi connectivity index (χ1) is 8.66. The third-order valence-electron chi connectivity index (χ3n) is 2.96. The number of aryl methyl sites for hydroxylation is 2. The largest absolute Gasteiger partial charge is 0.320 e. The molecule has 0 fully saturated rings. The van der Waals surface area contributed by atoms with Crippen LogP contribution in [0.5, 0.6) is 0 Å². The van der Waals surface area contributed by atoms with Crippen LogP contribution in [0.25, 0.3) is 0 Å². The molecular formula is C13H17FN4. The molecule has 1 N–H and O–H groups in total. The van der Waals surface area contributed by atoms with Gasteiger partial charge in [-0.3, -0.25) is 0 Å². The number of halogens is 1.